The lowest BCUT2D eigenvalue weighted by molar-refractivity contribution is 0.0934. The van der Waals surface area contributed by atoms with Gasteiger partial charge in [-0.15, -0.1) is 11.3 Å². The Morgan fingerprint density at radius 2 is 2.11 bits per heavy atom. The maximum atomic E-state index is 12.4. The largest absolute Gasteiger partial charge is 0.486 e. The molecule has 2 heterocycles. The molecule has 3 aromatic rings. The molecule has 142 valence electrons. The van der Waals surface area contributed by atoms with Crippen molar-refractivity contribution in [1.29, 1.82) is 0 Å². The summed E-state index contributed by atoms with van der Waals surface area (Å²) >= 11 is 7.24. The lowest BCUT2D eigenvalue weighted by Gasteiger charge is -2.22. The number of nitrogens with zero attached hydrogens (tertiary/aromatic N) is 2. The molecule has 27 heavy (non-hydrogen) atoms. The van der Waals surface area contributed by atoms with E-state index in [0.717, 1.165) is 10.8 Å². The topological polar surface area (TPSA) is 67.6 Å². The quantitative estimate of drug-likeness (QED) is 0.613. The summed E-state index contributed by atoms with van der Waals surface area (Å²) in [7, 11) is 3.88. The van der Waals surface area contributed by atoms with Crippen molar-refractivity contribution in [2.24, 2.45) is 0 Å². The van der Waals surface area contributed by atoms with Gasteiger partial charge in [0, 0.05) is 16.9 Å². The Labute approximate surface area is 166 Å². The number of hydrogen-bond donors (Lipinski definition) is 1. The maximum absolute atomic E-state index is 12.4. The molecule has 0 spiro atoms. The number of ether oxygens (including phenoxy) is 1. The molecule has 0 saturated carbocycles. The van der Waals surface area contributed by atoms with Gasteiger partial charge in [0.25, 0.3) is 5.91 Å². The number of benzene rings is 1. The van der Waals surface area contributed by atoms with Crippen LogP contribution in [0.3, 0.4) is 0 Å². The number of amides is 1. The van der Waals surface area contributed by atoms with Crippen molar-refractivity contribution < 1.29 is 13.9 Å². The number of likely N-dealkylation sites (N-methyl/N-ethyl adjacent to an activating group) is 1. The van der Waals surface area contributed by atoms with E-state index in [4.69, 9.17) is 20.8 Å². The van der Waals surface area contributed by atoms with Gasteiger partial charge in [0.2, 0.25) is 0 Å². The molecule has 0 aliphatic heterocycles. The SMILES string of the molecule is CN(C)C(CNC(=O)c1csc(COc2ccc(Cl)cc2)n1)c1ccco1. The van der Waals surface area contributed by atoms with Gasteiger partial charge in [0.15, 0.2) is 0 Å². The van der Waals surface area contributed by atoms with Crippen molar-refractivity contribution in [3.8, 4) is 5.75 Å². The van der Waals surface area contributed by atoms with Crippen LogP contribution in [0, 0.1) is 0 Å². The first kappa shape index (κ1) is 19.4. The molecule has 1 N–H and O–H groups in total. The summed E-state index contributed by atoms with van der Waals surface area (Å²) in [5.41, 5.74) is 0.381. The molecule has 0 aliphatic carbocycles. The molecule has 1 amide bonds. The fourth-order valence-corrected chi connectivity index (χ4v) is 3.27. The summed E-state index contributed by atoms with van der Waals surface area (Å²) in [6.45, 7) is 0.722. The molecule has 1 aromatic carbocycles. The van der Waals surface area contributed by atoms with Crippen molar-refractivity contribution in [3.63, 3.8) is 0 Å². The summed E-state index contributed by atoms with van der Waals surface area (Å²) < 4.78 is 11.1. The van der Waals surface area contributed by atoms with E-state index in [9.17, 15) is 4.79 Å². The average Bonchev–Trinajstić information content (AvgIpc) is 3.33. The van der Waals surface area contributed by atoms with Gasteiger partial charge >= 0.3 is 0 Å². The maximum Gasteiger partial charge on any atom is 0.270 e. The lowest BCUT2D eigenvalue weighted by Crippen LogP contribution is -2.34. The molecule has 1 atom stereocenters. The highest BCUT2D eigenvalue weighted by molar-refractivity contribution is 7.09. The van der Waals surface area contributed by atoms with Gasteiger partial charge in [-0.05, 0) is 50.5 Å². The standard InChI is InChI=1S/C19H20ClN3O3S/c1-23(2)16(17-4-3-9-25-17)10-21-19(24)15-12-27-18(22-15)11-26-14-7-5-13(20)6-8-14/h3-9,12,16H,10-11H2,1-2H3,(H,21,24). The van der Waals surface area contributed by atoms with E-state index >= 15 is 0 Å². The van der Waals surface area contributed by atoms with Crippen LogP contribution >= 0.6 is 22.9 Å². The first-order chi connectivity index (χ1) is 13.0. The number of hydrogen-bond acceptors (Lipinski definition) is 6. The minimum Gasteiger partial charge on any atom is -0.486 e. The minimum absolute atomic E-state index is 0.0460. The van der Waals surface area contributed by atoms with E-state index in [0.29, 0.717) is 29.6 Å². The highest BCUT2D eigenvalue weighted by Gasteiger charge is 2.19. The van der Waals surface area contributed by atoms with Crippen LogP contribution in [0.15, 0.2) is 52.5 Å². The lowest BCUT2D eigenvalue weighted by atomic mass is 10.2. The van der Waals surface area contributed by atoms with Crippen LogP contribution < -0.4 is 10.1 Å². The van der Waals surface area contributed by atoms with Crippen molar-refractivity contribution in [1.82, 2.24) is 15.2 Å². The van der Waals surface area contributed by atoms with Gasteiger partial charge < -0.3 is 14.5 Å². The third kappa shape index (κ3) is 5.32. The molecule has 0 aliphatic rings. The van der Waals surface area contributed by atoms with E-state index in [1.165, 1.54) is 11.3 Å². The summed E-state index contributed by atoms with van der Waals surface area (Å²) in [4.78, 5) is 18.7. The Kier molecular flexibility index (Phi) is 6.49. The Hall–Kier alpha value is -2.35. The number of halogens is 1. The van der Waals surface area contributed by atoms with Crippen LogP contribution in [0.25, 0.3) is 0 Å². The molecule has 0 bridgehead atoms. The van der Waals surface area contributed by atoms with Crippen molar-refractivity contribution in [3.05, 3.63) is 69.5 Å². The van der Waals surface area contributed by atoms with E-state index in [2.05, 4.69) is 10.3 Å². The summed E-state index contributed by atoms with van der Waals surface area (Å²) in [6.07, 6.45) is 1.63. The molecule has 3 rings (SSSR count). The Morgan fingerprint density at radius 3 is 2.78 bits per heavy atom. The fourth-order valence-electron chi connectivity index (χ4n) is 2.46. The highest BCUT2D eigenvalue weighted by atomic mass is 35.5. The number of aromatic nitrogens is 1. The molecule has 1 unspecified atom stereocenters. The van der Waals surface area contributed by atoms with Gasteiger partial charge in [-0.2, -0.15) is 0 Å². The summed E-state index contributed by atoms with van der Waals surface area (Å²) in [5.74, 6) is 1.28. The number of carbonyl (C=O) groups excluding carboxylic acids is 1. The van der Waals surface area contributed by atoms with Gasteiger partial charge in [-0.3, -0.25) is 9.69 Å². The normalized spacial score (nSPS) is 12.1. The van der Waals surface area contributed by atoms with Gasteiger partial charge in [0.1, 0.15) is 28.8 Å². The fraction of sp³-hybridized carbons (Fsp3) is 0.263. The number of carbonyl (C=O) groups is 1. The molecular formula is C19H20ClN3O3S. The molecule has 6 nitrogen and oxygen atoms in total. The number of rotatable bonds is 8. The zero-order valence-electron chi connectivity index (χ0n) is 15.0. The molecule has 0 fully saturated rings. The second kappa shape index (κ2) is 9.03. The van der Waals surface area contributed by atoms with E-state index < -0.39 is 0 Å². The average molecular weight is 406 g/mol. The predicted octanol–water partition coefficient (Wildman–Crippen LogP) is 4.00. The van der Waals surface area contributed by atoms with Crippen molar-refractivity contribution >= 4 is 28.8 Å². The van der Waals surface area contributed by atoms with Crippen LogP contribution in [-0.4, -0.2) is 36.4 Å². The van der Waals surface area contributed by atoms with Crippen LogP contribution in [0.5, 0.6) is 5.75 Å². The van der Waals surface area contributed by atoms with Gasteiger partial charge in [0.05, 0.1) is 12.3 Å². The molecular weight excluding hydrogens is 386 g/mol. The zero-order valence-corrected chi connectivity index (χ0v) is 16.6. The molecule has 8 heteroatoms. The second-order valence-corrected chi connectivity index (χ2v) is 7.45. The molecule has 2 aromatic heterocycles. The van der Waals surface area contributed by atoms with E-state index in [-0.39, 0.29) is 11.9 Å². The smallest absolute Gasteiger partial charge is 0.270 e. The van der Waals surface area contributed by atoms with Crippen LogP contribution in [0.4, 0.5) is 0 Å². The highest BCUT2D eigenvalue weighted by Crippen LogP contribution is 2.19. The zero-order chi connectivity index (χ0) is 19.2. The number of furan rings is 1. The summed E-state index contributed by atoms with van der Waals surface area (Å²) in [5, 5.41) is 6.02. The van der Waals surface area contributed by atoms with Crippen LogP contribution in [0.1, 0.15) is 27.3 Å². The molecule has 0 radical (unpaired) electrons. The third-order valence-electron chi connectivity index (χ3n) is 3.91. The third-order valence-corrected chi connectivity index (χ3v) is 4.99. The van der Waals surface area contributed by atoms with Crippen molar-refractivity contribution in [2.45, 2.75) is 12.6 Å². The number of thiazole rings is 1. The Morgan fingerprint density at radius 1 is 1.33 bits per heavy atom. The van der Waals surface area contributed by atoms with E-state index in [1.807, 2.05) is 31.1 Å². The Balaban J connectivity index is 1.54. The predicted molar refractivity (Wildman–Crippen MR) is 105 cm³/mol. The van der Waals surface area contributed by atoms with Crippen LogP contribution in [0.2, 0.25) is 5.02 Å². The Bertz CT molecular complexity index is 863. The van der Waals surface area contributed by atoms with Crippen molar-refractivity contribution in [2.75, 3.05) is 20.6 Å². The monoisotopic (exact) mass is 405 g/mol. The summed E-state index contributed by atoms with van der Waals surface area (Å²) in [6, 6.07) is 10.8. The van der Waals surface area contributed by atoms with Crippen LogP contribution in [-0.2, 0) is 6.61 Å². The first-order valence-electron chi connectivity index (χ1n) is 8.33. The minimum atomic E-state index is -0.220. The second-order valence-electron chi connectivity index (χ2n) is 6.07. The van der Waals surface area contributed by atoms with Gasteiger partial charge in [-0.1, -0.05) is 11.6 Å². The first-order valence-corrected chi connectivity index (χ1v) is 9.59. The van der Waals surface area contributed by atoms with Gasteiger partial charge in [-0.25, -0.2) is 4.98 Å². The number of nitrogens with one attached hydrogen (secondary N) is 1. The van der Waals surface area contributed by atoms with E-state index in [1.54, 1.807) is 35.9 Å². The molecule has 0 saturated heterocycles.